The molecule has 1 fully saturated rings. The van der Waals surface area contributed by atoms with Gasteiger partial charge in [-0.2, -0.15) is 0 Å². The van der Waals surface area contributed by atoms with E-state index in [-0.39, 0.29) is 0 Å². The maximum absolute atomic E-state index is 2.42. The Kier molecular flexibility index (Phi) is 1.74. The first-order valence-electron chi connectivity index (χ1n) is 5.33. The van der Waals surface area contributed by atoms with E-state index in [1.54, 1.807) is 5.57 Å². The molecule has 72 valence electrons. The second kappa shape index (κ2) is 2.50. The second-order valence-corrected chi connectivity index (χ2v) is 5.74. The van der Waals surface area contributed by atoms with Crippen molar-refractivity contribution in [3.8, 4) is 0 Å². The summed E-state index contributed by atoms with van der Waals surface area (Å²) in [6, 6.07) is 0. The van der Waals surface area contributed by atoms with Crippen LogP contribution in [0, 0.1) is 16.7 Å². The standard InChI is InChI=1S/C13H20/c1-10(12(2,3)4)13-8-6-5-7-11(13)9-13/h5-7,10H,8-9H2,1-4H3. The molecule has 2 unspecified atom stereocenters. The molecule has 0 heterocycles. The fourth-order valence-electron chi connectivity index (χ4n) is 2.62. The van der Waals surface area contributed by atoms with Gasteiger partial charge in [0.1, 0.15) is 0 Å². The smallest absolute Gasteiger partial charge is 0.00179 e. The highest BCUT2D eigenvalue weighted by molar-refractivity contribution is 5.41. The molecular weight excluding hydrogens is 156 g/mol. The van der Waals surface area contributed by atoms with Gasteiger partial charge in [0.05, 0.1) is 0 Å². The predicted octanol–water partition coefficient (Wildman–Crippen LogP) is 3.95. The topological polar surface area (TPSA) is 0 Å². The first-order chi connectivity index (χ1) is 5.97. The van der Waals surface area contributed by atoms with Crippen LogP contribution in [-0.2, 0) is 0 Å². The molecule has 0 aromatic rings. The van der Waals surface area contributed by atoms with Crippen molar-refractivity contribution >= 4 is 0 Å². The zero-order valence-electron chi connectivity index (χ0n) is 9.22. The van der Waals surface area contributed by atoms with Crippen LogP contribution < -0.4 is 0 Å². The molecule has 13 heavy (non-hydrogen) atoms. The van der Waals surface area contributed by atoms with Gasteiger partial charge in [-0.25, -0.2) is 0 Å². The van der Waals surface area contributed by atoms with E-state index in [9.17, 15) is 0 Å². The minimum absolute atomic E-state index is 0.445. The molecule has 0 aliphatic heterocycles. The number of fused-ring (bicyclic) bond motifs is 1. The summed E-state index contributed by atoms with van der Waals surface area (Å²) in [6.45, 7) is 9.50. The summed E-state index contributed by atoms with van der Waals surface area (Å²) in [5, 5.41) is 0. The van der Waals surface area contributed by atoms with Crippen molar-refractivity contribution in [2.75, 3.05) is 0 Å². The molecular formula is C13H20. The van der Waals surface area contributed by atoms with Crippen LogP contribution in [0.4, 0.5) is 0 Å². The van der Waals surface area contributed by atoms with Crippen molar-refractivity contribution in [2.45, 2.75) is 40.5 Å². The normalized spacial score (nSPS) is 33.7. The van der Waals surface area contributed by atoms with Crippen LogP contribution in [-0.4, -0.2) is 0 Å². The van der Waals surface area contributed by atoms with Crippen molar-refractivity contribution < 1.29 is 0 Å². The van der Waals surface area contributed by atoms with E-state index in [0.29, 0.717) is 10.8 Å². The molecule has 2 aliphatic rings. The summed E-state index contributed by atoms with van der Waals surface area (Å²) in [5.74, 6) is 0.802. The van der Waals surface area contributed by atoms with Gasteiger partial charge >= 0.3 is 0 Å². The molecule has 2 rings (SSSR count). The summed E-state index contributed by atoms with van der Waals surface area (Å²) in [5.41, 5.74) is 2.70. The van der Waals surface area contributed by atoms with Gasteiger partial charge in [0.25, 0.3) is 0 Å². The summed E-state index contributed by atoms with van der Waals surface area (Å²) < 4.78 is 0. The number of allylic oxidation sites excluding steroid dienone is 4. The molecule has 0 bridgehead atoms. The minimum atomic E-state index is 0.445. The Morgan fingerprint density at radius 3 is 2.62 bits per heavy atom. The minimum Gasteiger partial charge on any atom is -0.0836 e. The molecule has 2 atom stereocenters. The van der Waals surface area contributed by atoms with Crippen LogP contribution in [0.15, 0.2) is 23.8 Å². The zero-order chi connectivity index (χ0) is 9.69. The predicted molar refractivity (Wildman–Crippen MR) is 57.5 cm³/mol. The molecule has 0 amide bonds. The highest BCUT2D eigenvalue weighted by Crippen LogP contribution is 2.64. The van der Waals surface area contributed by atoms with Gasteiger partial charge in [-0.1, -0.05) is 51.5 Å². The van der Waals surface area contributed by atoms with Crippen LogP contribution in [0.3, 0.4) is 0 Å². The Bertz CT molecular complexity index is 275. The summed E-state index contributed by atoms with van der Waals surface area (Å²) in [7, 11) is 0. The number of rotatable bonds is 1. The largest absolute Gasteiger partial charge is 0.0836 e. The van der Waals surface area contributed by atoms with Crippen LogP contribution >= 0.6 is 0 Å². The van der Waals surface area contributed by atoms with Crippen molar-refractivity contribution in [3.05, 3.63) is 23.8 Å². The third-order valence-corrected chi connectivity index (χ3v) is 4.06. The average Bonchev–Trinajstić information content (AvgIpc) is 2.76. The lowest BCUT2D eigenvalue weighted by atomic mass is 9.70. The lowest BCUT2D eigenvalue weighted by molar-refractivity contribution is 0.169. The van der Waals surface area contributed by atoms with E-state index in [4.69, 9.17) is 0 Å². The van der Waals surface area contributed by atoms with Gasteiger partial charge in [0.15, 0.2) is 0 Å². The lowest BCUT2D eigenvalue weighted by Crippen LogP contribution is -2.27. The Morgan fingerprint density at radius 1 is 1.38 bits per heavy atom. The fraction of sp³-hybridized carbons (Fsp3) is 0.692. The highest BCUT2D eigenvalue weighted by atomic mass is 14.6. The second-order valence-electron chi connectivity index (χ2n) is 5.74. The van der Waals surface area contributed by atoms with E-state index in [1.807, 2.05) is 0 Å². The molecule has 0 N–H and O–H groups in total. The first-order valence-corrected chi connectivity index (χ1v) is 5.33. The fourth-order valence-corrected chi connectivity index (χ4v) is 2.62. The summed E-state index contributed by atoms with van der Waals surface area (Å²) in [4.78, 5) is 0. The van der Waals surface area contributed by atoms with Crippen molar-refractivity contribution in [1.29, 1.82) is 0 Å². The van der Waals surface area contributed by atoms with Crippen molar-refractivity contribution in [2.24, 2.45) is 16.7 Å². The van der Waals surface area contributed by atoms with Crippen LogP contribution in [0.1, 0.15) is 40.5 Å². The maximum Gasteiger partial charge on any atom is 0.00179 e. The van der Waals surface area contributed by atoms with Gasteiger partial charge in [-0.05, 0) is 24.2 Å². The molecule has 0 radical (unpaired) electrons. The van der Waals surface area contributed by atoms with Gasteiger partial charge in [-0.3, -0.25) is 0 Å². The van der Waals surface area contributed by atoms with Crippen LogP contribution in [0.5, 0.6) is 0 Å². The molecule has 0 aromatic heterocycles. The van der Waals surface area contributed by atoms with Crippen LogP contribution in [0.25, 0.3) is 0 Å². The van der Waals surface area contributed by atoms with E-state index >= 15 is 0 Å². The van der Waals surface area contributed by atoms with E-state index in [1.165, 1.54) is 12.8 Å². The Labute approximate surface area is 81.7 Å². The first kappa shape index (κ1) is 9.05. The number of hydrogen-bond donors (Lipinski definition) is 0. The van der Waals surface area contributed by atoms with Crippen LogP contribution in [0.2, 0.25) is 0 Å². The SMILES string of the molecule is CC(C(C)(C)C)C12CC=CC=C1C2. The molecule has 0 heteroatoms. The molecule has 0 spiro atoms. The van der Waals surface area contributed by atoms with Gasteiger partial charge in [0, 0.05) is 5.41 Å². The average molecular weight is 176 g/mol. The van der Waals surface area contributed by atoms with E-state index in [2.05, 4.69) is 45.9 Å². The van der Waals surface area contributed by atoms with Gasteiger partial charge in [0.2, 0.25) is 0 Å². The molecule has 0 saturated heterocycles. The van der Waals surface area contributed by atoms with E-state index < -0.39 is 0 Å². The highest BCUT2D eigenvalue weighted by Gasteiger charge is 2.54. The van der Waals surface area contributed by atoms with E-state index in [0.717, 1.165) is 5.92 Å². The monoisotopic (exact) mass is 176 g/mol. The summed E-state index contributed by atoms with van der Waals surface area (Å²) >= 11 is 0. The van der Waals surface area contributed by atoms with Crippen molar-refractivity contribution in [1.82, 2.24) is 0 Å². The maximum atomic E-state index is 2.42. The third kappa shape index (κ3) is 1.27. The molecule has 1 saturated carbocycles. The molecule has 2 aliphatic carbocycles. The van der Waals surface area contributed by atoms with Gasteiger partial charge < -0.3 is 0 Å². The van der Waals surface area contributed by atoms with Crippen molar-refractivity contribution in [3.63, 3.8) is 0 Å². The summed E-state index contributed by atoms with van der Waals surface area (Å²) in [6.07, 6.45) is 9.50. The molecule has 0 nitrogen and oxygen atoms in total. The number of hydrogen-bond acceptors (Lipinski definition) is 0. The Morgan fingerprint density at radius 2 is 2.08 bits per heavy atom. The Balaban J connectivity index is 2.20. The Hall–Kier alpha value is -0.520. The quantitative estimate of drug-likeness (QED) is 0.567. The third-order valence-electron chi connectivity index (χ3n) is 4.06. The molecule has 0 aromatic carbocycles. The lowest BCUT2D eigenvalue weighted by Gasteiger charge is -2.34. The zero-order valence-corrected chi connectivity index (χ0v) is 9.22. The van der Waals surface area contributed by atoms with Gasteiger partial charge in [-0.15, -0.1) is 0 Å².